The maximum absolute atomic E-state index is 12.4. The molecule has 0 bridgehead atoms. The zero-order valence-corrected chi connectivity index (χ0v) is 14.2. The molecular formula is C16H19N5O3. The second kappa shape index (κ2) is 5.33. The van der Waals surface area contributed by atoms with E-state index in [0.29, 0.717) is 21.9 Å². The molecule has 1 aromatic carbocycles. The van der Waals surface area contributed by atoms with Crippen molar-refractivity contribution in [3.8, 4) is 0 Å². The van der Waals surface area contributed by atoms with Crippen molar-refractivity contribution < 1.29 is 14.3 Å². The Kier molecular flexibility index (Phi) is 3.55. The van der Waals surface area contributed by atoms with Crippen LogP contribution in [0.15, 0.2) is 6.07 Å². The van der Waals surface area contributed by atoms with Crippen LogP contribution >= 0.6 is 0 Å². The van der Waals surface area contributed by atoms with Crippen molar-refractivity contribution in [2.75, 3.05) is 19.4 Å². The number of aromatic nitrogens is 3. The summed E-state index contributed by atoms with van der Waals surface area (Å²) in [5.41, 5.74) is 0.936. The maximum atomic E-state index is 12.4. The molecule has 2 heterocycles. The first-order valence-corrected chi connectivity index (χ1v) is 7.48. The molecule has 0 atom stereocenters. The van der Waals surface area contributed by atoms with Crippen LogP contribution in [-0.4, -0.2) is 51.6 Å². The molecule has 126 valence electrons. The summed E-state index contributed by atoms with van der Waals surface area (Å²) >= 11 is 0. The first-order chi connectivity index (χ1) is 11.2. The molecule has 8 nitrogen and oxygen atoms in total. The molecule has 0 saturated heterocycles. The molecule has 2 aromatic rings. The highest BCUT2D eigenvalue weighted by atomic mass is 16.6. The van der Waals surface area contributed by atoms with E-state index in [0.717, 1.165) is 9.90 Å². The molecule has 0 unspecified atom stereocenters. The topological polar surface area (TPSA) is 89.3 Å². The molecule has 0 radical (unpaired) electrons. The highest BCUT2D eigenvalue weighted by Crippen LogP contribution is 2.14. The number of nitrogens with zero attached hydrogens (tertiary/aromatic N) is 4. The van der Waals surface area contributed by atoms with Gasteiger partial charge in [-0.2, -0.15) is 0 Å². The Morgan fingerprint density at radius 3 is 2.71 bits per heavy atom. The molecule has 3 rings (SSSR count). The molecule has 0 spiro atoms. The van der Waals surface area contributed by atoms with Crippen molar-refractivity contribution >= 4 is 41.0 Å². The van der Waals surface area contributed by atoms with Crippen LogP contribution in [0.5, 0.6) is 0 Å². The summed E-state index contributed by atoms with van der Waals surface area (Å²) in [5.74, 6) is -0.245. The lowest BCUT2D eigenvalue weighted by Crippen LogP contribution is -2.29. The molecule has 0 fully saturated rings. The maximum Gasteiger partial charge on any atom is 0.437 e. The average molecular weight is 329 g/mol. The minimum Gasteiger partial charge on any atom is -0.442 e. The van der Waals surface area contributed by atoms with E-state index in [2.05, 4.69) is 15.6 Å². The number of amides is 1. The zero-order chi connectivity index (χ0) is 17.6. The minimum atomic E-state index is -0.663. The van der Waals surface area contributed by atoms with Crippen LogP contribution in [0.4, 0.5) is 10.5 Å². The quantitative estimate of drug-likeness (QED) is 0.806. The number of carbonyl (C=O) groups excluding carboxylic acids is 2. The van der Waals surface area contributed by atoms with Gasteiger partial charge in [0.15, 0.2) is 0 Å². The Morgan fingerprint density at radius 1 is 1.38 bits per heavy atom. The van der Waals surface area contributed by atoms with Crippen LogP contribution in [0, 0.1) is 0 Å². The van der Waals surface area contributed by atoms with Crippen LogP contribution in [0.3, 0.4) is 0 Å². The van der Waals surface area contributed by atoms with E-state index in [-0.39, 0.29) is 5.91 Å². The summed E-state index contributed by atoms with van der Waals surface area (Å²) in [5, 5.41) is 12.2. The minimum absolute atomic E-state index is 0.245. The standard InChI is InChI=1S/C16H19N5O3/c1-16(2,3)24-15(23)21-14-10-7-12(22)17-11(10)6-9(8-20(4)5)13(14)18-19-21/h6-8H,1-5H3,(H,17,22). The van der Waals surface area contributed by atoms with Crippen LogP contribution in [0.25, 0.3) is 23.3 Å². The Labute approximate surface area is 138 Å². The number of anilines is 1. The van der Waals surface area contributed by atoms with Crippen LogP contribution in [0.2, 0.25) is 0 Å². The van der Waals surface area contributed by atoms with Gasteiger partial charge in [-0.25, -0.2) is 4.79 Å². The lowest BCUT2D eigenvalue weighted by molar-refractivity contribution is -0.110. The predicted molar refractivity (Wildman–Crippen MR) is 89.7 cm³/mol. The first-order valence-electron chi connectivity index (χ1n) is 7.48. The Hall–Kier alpha value is -2.90. The van der Waals surface area contributed by atoms with E-state index in [9.17, 15) is 9.59 Å². The van der Waals surface area contributed by atoms with Gasteiger partial charge in [0.05, 0.1) is 5.69 Å². The average Bonchev–Trinajstić information content (AvgIpc) is 2.98. The van der Waals surface area contributed by atoms with Gasteiger partial charge in [-0.05, 0) is 26.8 Å². The third-order valence-electron chi connectivity index (χ3n) is 3.29. The van der Waals surface area contributed by atoms with E-state index in [1.165, 1.54) is 6.08 Å². The molecule has 0 saturated carbocycles. The van der Waals surface area contributed by atoms with Gasteiger partial charge < -0.3 is 15.0 Å². The number of benzene rings is 1. The smallest absolute Gasteiger partial charge is 0.437 e. The fourth-order valence-corrected chi connectivity index (χ4v) is 2.51. The number of ether oxygens (including phenoxy) is 1. The Bertz CT molecular complexity index is 966. The largest absolute Gasteiger partial charge is 0.442 e. The zero-order valence-electron chi connectivity index (χ0n) is 14.2. The molecule has 1 N–H and O–H groups in total. The summed E-state index contributed by atoms with van der Waals surface area (Å²) in [6.07, 6.45) is 2.64. The molecule has 1 amide bonds. The molecule has 1 aliphatic heterocycles. The van der Waals surface area contributed by atoms with Gasteiger partial charge >= 0.3 is 6.09 Å². The summed E-state index contributed by atoms with van der Waals surface area (Å²) in [6, 6.07) is 1.81. The van der Waals surface area contributed by atoms with Crippen LogP contribution in [-0.2, 0) is 9.53 Å². The van der Waals surface area contributed by atoms with Crippen molar-refractivity contribution in [3.05, 3.63) is 16.5 Å². The van der Waals surface area contributed by atoms with Crippen molar-refractivity contribution in [1.82, 2.24) is 19.9 Å². The highest BCUT2D eigenvalue weighted by Gasteiger charge is 2.24. The van der Waals surface area contributed by atoms with E-state index in [1.54, 1.807) is 20.8 Å². The van der Waals surface area contributed by atoms with Crippen molar-refractivity contribution in [3.63, 3.8) is 0 Å². The Balaban J connectivity index is 2.31. The van der Waals surface area contributed by atoms with Gasteiger partial charge in [0.1, 0.15) is 16.6 Å². The number of hydrogen-bond acceptors (Lipinski definition) is 6. The van der Waals surface area contributed by atoms with Crippen molar-refractivity contribution in [2.24, 2.45) is 0 Å². The summed E-state index contributed by atoms with van der Waals surface area (Å²) < 4.78 is 6.48. The molecule has 1 aromatic heterocycles. The number of fused-ring (bicyclic) bond motifs is 3. The fourth-order valence-electron chi connectivity index (χ4n) is 2.51. The fraction of sp³-hybridized carbons (Fsp3) is 0.375. The summed E-state index contributed by atoms with van der Waals surface area (Å²) in [4.78, 5) is 26.1. The van der Waals surface area contributed by atoms with Crippen LogP contribution in [0.1, 0.15) is 20.8 Å². The second-order valence-electron chi connectivity index (χ2n) is 6.83. The second-order valence-corrected chi connectivity index (χ2v) is 6.83. The number of rotatable bonds is 1. The summed E-state index contributed by atoms with van der Waals surface area (Å²) in [7, 11) is 3.75. The predicted octanol–water partition coefficient (Wildman–Crippen LogP) is 0.247. The normalized spacial score (nSPS) is 14.4. The Morgan fingerprint density at radius 2 is 2.08 bits per heavy atom. The van der Waals surface area contributed by atoms with Gasteiger partial charge in [-0.3, -0.25) is 4.79 Å². The van der Waals surface area contributed by atoms with Gasteiger partial charge in [-0.15, -0.1) is 9.78 Å². The number of hydrogen-bond donors (Lipinski definition) is 1. The SMILES string of the molecule is CN(C)C=c1cc2c(c3c1nnn3C(=O)OC(C)(C)C)=CC(=O)N2. The van der Waals surface area contributed by atoms with Crippen LogP contribution < -0.4 is 15.8 Å². The number of nitrogens with one attached hydrogen (secondary N) is 1. The van der Waals surface area contributed by atoms with E-state index >= 15 is 0 Å². The molecule has 8 heteroatoms. The summed E-state index contributed by atoms with van der Waals surface area (Å²) in [6.45, 7) is 5.32. The lowest BCUT2D eigenvalue weighted by Gasteiger charge is -2.18. The van der Waals surface area contributed by atoms with E-state index in [4.69, 9.17) is 4.74 Å². The van der Waals surface area contributed by atoms with Gasteiger partial charge in [0.2, 0.25) is 5.91 Å². The monoisotopic (exact) mass is 329 g/mol. The van der Waals surface area contributed by atoms with Crippen molar-refractivity contribution in [1.29, 1.82) is 0 Å². The number of carbonyl (C=O) groups is 2. The third-order valence-corrected chi connectivity index (χ3v) is 3.29. The lowest BCUT2D eigenvalue weighted by atomic mass is 10.2. The van der Waals surface area contributed by atoms with Gasteiger partial charge in [0, 0.05) is 36.8 Å². The molecule has 0 aliphatic carbocycles. The molecular weight excluding hydrogens is 310 g/mol. The highest BCUT2D eigenvalue weighted by molar-refractivity contribution is 6.18. The molecule has 24 heavy (non-hydrogen) atoms. The van der Waals surface area contributed by atoms with E-state index < -0.39 is 11.7 Å². The van der Waals surface area contributed by atoms with Crippen molar-refractivity contribution in [2.45, 2.75) is 26.4 Å². The first kappa shape index (κ1) is 16.0. The van der Waals surface area contributed by atoms with E-state index in [1.807, 2.05) is 31.3 Å². The van der Waals surface area contributed by atoms with Gasteiger partial charge in [0.25, 0.3) is 0 Å². The van der Waals surface area contributed by atoms with Gasteiger partial charge in [-0.1, -0.05) is 5.21 Å². The third kappa shape index (κ3) is 2.82. The molecule has 1 aliphatic rings.